The van der Waals surface area contributed by atoms with Crippen molar-refractivity contribution in [1.29, 1.82) is 0 Å². The Morgan fingerprint density at radius 3 is 2.58 bits per heavy atom. The summed E-state index contributed by atoms with van der Waals surface area (Å²) in [6, 6.07) is 9.83. The summed E-state index contributed by atoms with van der Waals surface area (Å²) < 4.78 is 5.45. The number of ether oxygens (including phenoxy) is 1. The molecule has 0 aliphatic carbocycles. The van der Waals surface area contributed by atoms with Crippen LogP contribution in [-0.2, 0) is 0 Å². The Kier molecular flexibility index (Phi) is 4.19. The van der Waals surface area contributed by atoms with Crippen molar-refractivity contribution in [2.45, 2.75) is 6.10 Å². The first-order chi connectivity index (χ1) is 9.13. The molecule has 2 rings (SSSR count). The molecule has 0 bridgehead atoms. The lowest BCUT2D eigenvalue weighted by Crippen LogP contribution is -2.18. The lowest BCUT2D eigenvalue weighted by molar-refractivity contribution is -0.383. The predicted octanol–water partition coefficient (Wildman–Crippen LogP) is 2.73. The number of hydrogen-bond acceptors (Lipinski definition) is 4. The van der Waals surface area contributed by atoms with E-state index in [4.69, 9.17) is 16.3 Å². The van der Waals surface area contributed by atoms with Gasteiger partial charge in [0, 0.05) is 11.5 Å². The molecule has 0 saturated heterocycles. The lowest BCUT2D eigenvalue weighted by atomic mass is 10.1. The van der Waals surface area contributed by atoms with E-state index in [-0.39, 0.29) is 18.2 Å². The number of halogens is 1. The average molecular weight is 282 g/mol. The molecule has 0 aliphatic heterocycles. The minimum Gasteiger partial charge on any atom is -0.490 e. The van der Waals surface area contributed by atoms with Gasteiger partial charge in [-0.3, -0.25) is 10.1 Å². The summed E-state index contributed by atoms with van der Waals surface area (Å²) >= 11 is 5.48. The van der Waals surface area contributed by atoms with Crippen LogP contribution in [0, 0.1) is 10.1 Å². The standard InChI is InChI=1S/C13H12ClNO4/c14-7-9(16)8-19-13-6-5-12(15(17)18)10-3-1-2-4-11(10)13/h1-6,9,16H,7-8H2. The highest BCUT2D eigenvalue weighted by atomic mass is 35.5. The van der Waals surface area contributed by atoms with E-state index in [1.807, 2.05) is 0 Å². The van der Waals surface area contributed by atoms with E-state index in [0.717, 1.165) is 0 Å². The Balaban J connectivity index is 2.41. The quantitative estimate of drug-likeness (QED) is 0.519. The van der Waals surface area contributed by atoms with Crippen molar-refractivity contribution in [3.05, 3.63) is 46.5 Å². The fourth-order valence-corrected chi connectivity index (χ4v) is 1.86. The Hall–Kier alpha value is -1.85. The molecule has 2 aromatic carbocycles. The van der Waals surface area contributed by atoms with Crippen LogP contribution in [0.4, 0.5) is 5.69 Å². The lowest BCUT2D eigenvalue weighted by Gasteiger charge is -2.11. The van der Waals surface area contributed by atoms with Crippen LogP contribution in [-0.4, -0.2) is 28.6 Å². The van der Waals surface area contributed by atoms with E-state index in [1.165, 1.54) is 12.1 Å². The van der Waals surface area contributed by atoms with Crippen molar-refractivity contribution < 1.29 is 14.8 Å². The van der Waals surface area contributed by atoms with Gasteiger partial charge in [-0.25, -0.2) is 0 Å². The topological polar surface area (TPSA) is 72.6 Å². The minimum atomic E-state index is -0.768. The SMILES string of the molecule is O=[N+]([O-])c1ccc(OCC(O)CCl)c2ccccc12. The summed E-state index contributed by atoms with van der Waals surface area (Å²) in [4.78, 5) is 10.5. The number of hydrogen-bond donors (Lipinski definition) is 1. The summed E-state index contributed by atoms with van der Waals surface area (Å²) in [7, 11) is 0. The van der Waals surface area contributed by atoms with Crippen LogP contribution in [0.5, 0.6) is 5.75 Å². The van der Waals surface area contributed by atoms with E-state index in [9.17, 15) is 15.2 Å². The van der Waals surface area contributed by atoms with Crippen molar-refractivity contribution in [3.8, 4) is 5.75 Å². The second-order valence-corrected chi connectivity index (χ2v) is 4.31. The van der Waals surface area contributed by atoms with Crippen molar-refractivity contribution in [2.75, 3.05) is 12.5 Å². The zero-order valence-corrected chi connectivity index (χ0v) is 10.7. The largest absolute Gasteiger partial charge is 0.490 e. The molecule has 1 N–H and O–H groups in total. The zero-order valence-electron chi connectivity index (χ0n) is 9.95. The number of aliphatic hydroxyl groups is 1. The summed E-state index contributed by atoms with van der Waals surface area (Å²) in [5.41, 5.74) is 0.0286. The third kappa shape index (κ3) is 2.94. The number of benzene rings is 2. The van der Waals surface area contributed by atoms with Crippen LogP contribution in [0.15, 0.2) is 36.4 Å². The summed E-state index contributed by atoms with van der Waals surface area (Å²) in [6.07, 6.45) is -0.768. The first-order valence-corrected chi connectivity index (χ1v) is 6.20. The van der Waals surface area contributed by atoms with Crippen molar-refractivity contribution >= 4 is 28.1 Å². The molecule has 0 aromatic heterocycles. The van der Waals surface area contributed by atoms with Gasteiger partial charge in [0.15, 0.2) is 0 Å². The number of non-ortho nitro benzene ring substituents is 1. The van der Waals surface area contributed by atoms with Crippen LogP contribution in [0.25, 0.3) is 10.8 Å². The van der Waals surface area contributed by atoms with Gasteiger partial charge >= 0.3 is 0 Å². The Labute approximate surface area is 114 Å². The molecule has 100 valence electrons. The minimum absolute atomic E-state index is 0.0286. The fraction of sp³-hybridized carbons (Fsp3) is 0.231. The van der Waals surface area contributed by atoms with E-state index in [0.29, 0.717) is 16.5 Å². The molecule has 0 heterocycles. The van der Waals surface area contributed by atoms with Crippen LogP contribution in [0.2, 0.25) is 0 Å². The molecule has 1 unspecified atom stereocenters. The van der Waals surface area contributed by atoms with Gasteiger partial charge in [-0.05, 0) is 12.1 Å². The van der Waals surface area contributed by atoms with Gasteiger partial charge < -0.3 is 9.84 Å². The number of nitro groups is 1. The number of nitro benzene ring substituents is 1. The van der Waals surface area contributed by atoms with Crippen LogP contribution < -0.4 is 4.74 Å². The first kappa shape index (κ1) is 13.6. The molecule has 0 fully saturated rings. The molecule has 0 aliphatic rings. The van der Waals surface area contributed by atoms with Crippen LogP contribution >= 0.6 is 11.6 Å². The molecular weight excluding hydrogens is 270 g/mol. The molecule has 0 radical (unpaired) electrons. The maximum absolute atomic E-state index is 10.9. The smallest absolute Gasteiger partial charge is 0.277 e. The Morgan fingerprint density at radius 2 is 1.95 bits per heavy atom. The van der Waals surface area contributed by atoms with Gasteiger partial charge in [0.1, 0.15) is 18.5 Å². The molecule has 19 heavy (non-hydrogen) atoms. The van der Waals surface area contributed by atoms with E-state index < -0.39 is 11.0 Å². The number of nitrogens with zero attached hydrogens (tertiary/aromatic N) is 1. The molecule has 5 nitrogen and oxygen atoms in total. The summed E-state index contributed by atoms with van der Waals surface area (Å²) in [5.74, 6) is 0.565. The highest BCUT2D eigenvalue weighted by molar-refractivity contribution is 6.18. The average Bonchev–Trinajstić information content (AvgIpc) is 2.43. The highest BCUT2D eigenvalue weighted by Gasteiger charge is 2.15. The van der Waals surface area contributed by atoms with E-state index in [1.54, 1.807) is 24.3 Å². The van der Waals surface area contributed by atoms with Crippen molar-refractivity contribution in [3.63, 3.8) is 0 Å². The van der Waals surface area contributed by atoms with Crippen molar-refractivity contribution in [2.24, 2.45) is 0 Å². The summed E-state index contributed by atoms with van der Waals surface area (Å²) in [5, 5.41) is 21.5. The third-order valence-corrected chi connectivity index (χ3v) is 3.02. The molecule has 0 saturated carbocycles. The summed E-state index contributed by atoms with van der Waals surface area (Å²) in [6.45, 7) is 0.0469. The second-order valence-electron chi connectivity index (χ2n) is 4.00. The maximum atomic E-state index is 10.9. The Bertz CT molecular complexity index is 602. The van der Waals surface area contributed by atoms with E-state index in [2.05, 4.69) is 0 Å². The van der Waals surface area contributed by atoms with Gasteiger partial charge in [-0.1, -0.05) is 18.2 Å². The van der Waals surface area contributed by atoms with Gasteiger partial charge in [-0.2, -0.15) is 0 Å². The Morgan fingerprint density at radius 1 is 1.26 bits per heavy atom. The molecule has 0 spiro atoms. The normalized spacial score (nSPS) is 12.3. The molecule has 0 amide bonds. The van der Waals surface area contributed by atoms with Gasteiger partial charge in [0.2, 0.25) is 0 Å². The number of rotatable bonds is 5. The molecule has 2 aromatic rings. The first-order valence-electron chi connectivity index (χ1n) is 5.66. The third-order valence-electron chi connectivity index (χ3n) is 2.67. The van der Waals surface area contributed by atoms with Crippen LogP contribution in [0.3, 0.4) is 0 Å². The number of alkyl halides is 1. The maximum Gasteiger partial charge on any atom is 0.277 e. The molecular formula is C13H12ClNO4. The fourth-order valence-electron chi connectivity index (χ4n) is 1.77. The monoisotopic (exact) mass is 281 g/mol. The number of fused-ring (bicyclic) bond motifs is 1. The van der Waals surface area contributed by atoms with Crippen molar-refractivity contribution in [1.82, 2.24) is 0 Å². The predicted molar refractivity (Wildman–Crippen MR) is 72.8 cm³/mol. The highest BCUT2D eigenvalue weighted by Crippen LogP contribution is 2.32. The van der Waals surface area contributed by atoms with Gasteiger partial charge in [0.25, 0.3) is 5.69 Å². The number of aliphatic hydroxyl groups excluding tert-OH is 1. The van der Waals surface area contributed by atoms with Gasteiger partial charge in [0.05, 0.1) is 16.2 Å². The molecule has 1 atom stereocenters. The van der Waals surface area contributed by atoms with Gasteiger partial charge in [-0.15, -0.1) is 11.6 Å². The zero-order chi connectivity index (χ0) is 13.8. The van der Waals surface area contributed by atoms with E-state index >= 15 is 0 Å². The second kappa shape index (κ2) is 5.86. The molecule has 6 heteroatoms. The van der Waals surface area contributed by atoms with Crippen LogP contribution in [0.1, 0.15) is 0 Å².